The average Bonchev–Trinajstić information content (AvgIpc) is 3.10. The summed E-state index contributed by atoms with van der Waals surface area (Å²) >= 11 is 0. The fourth-order valence-electron chi connectivity index (χ4n) is 3.77. The van der Waals surface area contributed by atoms with Gasteiger partial charge in [0.15, 0.2) is 0 Å². The lowest BCUT2D eigenvalue weighted by Crippen LogP contribution is -2.45. The molecule has 0 bridgehead atoms. The van der Waals surface area contributed by atoms with Crippen molar-refractivity contribution in [3.05, 3.63) is 69.3 Å². The quantitative estimate of drug-likeness (QED) is 0.471. The van der Waals surface area contributed by atoms with Gasteiger partial charge >= 0.3 is 0 Å². The number of nitro benzene ring substituents is 1. The molecule has 0 N–H and O–H groups in total. The average molecular weight is 365 g/mol. The van der Waals surface area contributed by atoms with Crippen LogP contribution in [0.1, 0.15) is 33.2 Å². The molecule has 8 heteroatoms. The summed E-state index contributed by atoms with van der Waals surface area (Å²) < 4.78 is 0. The first-order valence-electron chi connectivity index (χ1n) is 8.43. The standard InChI is InChI=1S/C19H15N3O5/c1-11-9-12-5-2-3-7-14(12)21(11)16(23)10-20-18(24)13-6-4-8-15(22(26)27)17(13)19(20)25/h2-8,11H,9-10H2,1H3/t11-/m0/s1. The number of anilines is 1. The summed E-state index contributed by atoms with van der Waals surface area (Å²) in [4.78, 5) is 50.9. The molecule has 8 nitrogen and oxygen atoms in total. The van der Waals surface area contributed by atoms with Gasteiger partial charge in [-0.05, 0) is 31.0 Å². The van der Waals surface area contributed by atoms with Gasteiger partial charge in [-0.3, -0.25) is 29.4 Å². The van der Waals surface area contributed by atoms with Crippen molar-refractivity contribution in [2.45, 2.75) is 19.4 Å². The van der Waals surface area contributed by atoms with Crippen LogP contribution in [0.5, 0.6) is 0 Å². The number of hydrogen-bond donors (Lipinski definition) is 0. The van der Waals surface area contributed by atoms with E-state index in [9.17, 15) is 24.5 Å². The Hall–Kier alpha value is -3.55. The van der Waals surface area contributed by atoms with Crippen LogP contribution in [0.25, 0.3) is 0 Å². The minimum absolute atomic E-state index is 0.0446. The van der Waals surface area contributed by atoms with E-state index in [1.165, 1.54) is 18.2 Å². The van der Waals surface area contributed by atoms with Gasteiger partial charge in [-0.25, -0.2) is 0 Å². The van der Waals surface area contributed by atoms with E-state index in [1.54, 1.807) is 4.90 Å². The fraction of sp³-hybridized carbons (Fsp3) is 0.211. The number of carbonyl (C=O) groups is 3. The summed E-state index contributed by atoms with van der Waals surface area (Å²) in [6.45, 7) is 1.44. The molecule has 2 heterocycles. The molecule has 2 aromatic rings. The van der Waals surface area contributed by atoms with Gasteiger partial charge in [0.2, 0.25) is 5.91 Å². The Labute approximate surface area is 154 Å². The maximum atomic E-state index is 12.9. The zero-order valence-corrected chi connectivity index (χ0v) is 14.4. The number of rotatable bonds is 3. The maximum absolute atomic E-state index is 12.9. The molecule has 3 amide bonds. The van der Waals surface area contributed by atoms with Crippen molar-refractivity contribution in [1.82, 2.24) is 4.90 Å². The monoisotopic (exact) mass is 365 g/mol. The van der Waals surface area contributed by atoms with Gasteiger partial charge in [0.1, 0.15) is 12.1 Å². The highest BCUT2D eigenvalue weighted by atomic mass is 16.6. The van der Waals surface area contributed by atoms with Crippen LogP contribution in [0.15, 0.2) is 42.5 Å². The fourth-order valence-corrected chi connectivity index (χ4v) is 3.77. The molecule has 4 rings (SSSR count). The molecule has 0 saturated heterocycles. The largest absolute Gasteiger partial charge is 0.307 e. The van der Waals surface area contributed by atoms with Crippen LogP contribution < -0.4 is 4.90 Å². The Balaban J connectivity index is 1.64. The highest BCUT2D eigenvalue weighted by molar-refractivity contribution is 6.24. The van der Waals surface area contributed by atoms with Crippen LogP contribution in [0.2, 0.25) is 0 Å². The Morgan fingerprint density at radius 3 is 2.63 bits per heavy atom. The second-order valence-electron chi connectivity index (χ2n) is 6.60. The second kappa shape index (κ2) is 6.01. The van der Waals surface area contributed by atoms with Crippen molar-refractivity contribution >= 4 is 29.1 Å². The molecule has 136 valence electrons. The van der Waals surface area contributed by atoms with Gasteiger partial charge in [-0.1, -0.05) is 24.3 Å². The first kappa shape index (κ1) is 16.9. The number of nitrogens with zero attached hydrogens (tertiary/aromatic N) is 3. The maximum Gasteiger partial charge on any atom is 0.282 e. The lowest BCUT2D eigenvalue weighted by molar-refractivity contribution is -0.385. The summed E-state index contributed by atoms with van der Waals surface area (Å²) in [5, 5.41) is 11.2. The van der Waals surface area contributed by atoms with E-state index in [4.69, 9.17) is 0 Å². The van der Waals surface area contributed by atoms with Crippen LogP contribution in [0.3, 0.4) is 0 Å². The minimum Gasteiger partial charge on any atom is -0.307 e. The van der Waals surface area contributed by atoms with Crippen LogP contribution in [-0.4, -0.2) is 40.1 Å². The highest BCUT2D eigenvalue weighted by Crippen LogP contribution is 2.34. The number of para-hydroxylation sites is 1. The summed E-state index contributed by atoms with van der Waals surface area (Å²) in [5.41, 5.74) is 1.06. The smallest absolute Gasteiger partial charge is 0.282 e. The molecule has 0 saturated carbocycles. The van der Waals surface area contributed by atoms with E-state index < -0.39 is 34.9 Å². The van der Waals surface area contributed by atoms with E-state index in [-0.39, 0.29) is 17.2 Å². The molecule has 27 heavy (non-hydrogen) atoms. The van der Waals surface area contributed by atoms with Crippen molar-refractivity contribution < 1.29 is 19.3 Å². The molecule has 0 unspecified atom stereocenters. The lowest BCUT2D eigenvalue weighted by atomic mass is 10.1. The van der Waals surface area contributed by atoms with Crippen molar-refractivity contribution in [1.29, 1.82) is 0 Å². The van der Waals surface area contributed by atoms with Crippen molar-refractivity contribution in [3.63, 3.8) is 0 Å². The van der Waals surface area contributed by atoms with E-state index in [2.05, 4.69) is 0 Å². The number of benzene rings is 2. The molecule has 0 spiro atoms. The topological polar surface area (TPSA) is 101 Å². The summed E-state index contributed by atoms with van der Waals surface area (Å²) in [6.07, 6.45) is 0.690. The first-order chi connectivity index (χ1) is 12.9. The molecular formula is C19H15N3O5. The van der Waals surface area contributed by atoms with Crippen LogP contribution in [-0.2, 0) is 11.2 Å². The second-order valence-corrected chi connectivity index (χ2v) is 6.60. The predicted octanol–water partition coefficient (Wildman–Crippen LogP) is 2.17. The predicted molar refractivity (Wildman–Crippen MR) is 95.6 cm³/mol. The number of imide groups is 1. The van der Waals surface area contributed by atoms with Gasteiger partial charge in [-0.15, -0.1) is 0 Å². The van der Waals surface area contributed by atoms with Crippen molar-refractivity contribution in [2.24, 2.45) is 0 Å². The Bertz CT molecular complexity index is 1020. The third-order valence-corrected chi connectivity index (χ3v) is 4.94. The van der Waals surface area contributed by atoms with Gasteiger partial charge < -0.3 is 4.90 Å². The van der Waals surface area contributed by atoms with E-state index in [1.807, 2.05) is 31.2 Å². The molecule has 0 fully saturated rings. The molecule has 2 aromatic carbocycles. The number of nitro groups is 1. The lowest BCUT2D eigenvalue weighted by Gasteiger charge is -2.25. The summed E-state index contributed by atoms with van der Waals surface area (Å²) in [6, 6.07) is 11.3. The Kier molecular flexibility index (Phi) is 3.76. The first-order valence-corrected chi connectivity index (χ1v) is 8.43. The van der Waals surface area contributed by atoms with Crippen LogP contribution in [0.4, 0.5) is 11.4 Å². The summed E-state index contributed by atoms with van der Waals surface area (Å²) in [7, 11) is 0. The Morgan fingerprint density at radius 1 is 1.15 bits per heavy atom. The minimum atomic E-state index is -0.809. The third-order valence-electron chi connectivity index (χ3n) is 4.94. The number of carbonyl (C=O) groups excluding carboxylic acids is 3. The highest BCUT2D eigenvalue weighted by Gasteiger charge is 2.43. The van der Waals surface area contributed by atoms with Crippen molar-refractivity contribution in [2.75, 3.05) is 11.4 Å². The molecule has 1 atom stereocenters. The zero-order chi connectivity index (χ0) is 19.3. The SMILES string of the molecule is C[C@H]1Cc2ccccc2N1C(=O)CN1C(=O)c2cccc([N+](=O)[O-])c2C1=O. The van der Waals surface area contributed by atoms with Gasteiger partial charge in [-0.2, -0.15) is 0 Å². The van der Waals surface area contributed by atoms with Gasteiger partial charge in [0.25, 0.3) is 17.5 Å². The van der Waals surface area contributed by atoms with E-state index in [0.717, 1.165) is 16.2 Å². The van der Waals surface area contributed by atoms with Crippen LogP contribution >= 0.6 is 0 Å². The van der Waals surface area contributed by atoms with E-state index in [0.29, 0.717) is 6.42 Å². The third kappa shape index (κ3) is 2.49. The molecule has 0 radical (unpaired) electrons. The summed E-state index contributed by atoms with van der Waals surface area (Å²) in [5.74, 6) is -1.90. The molecule has 2 aliphatic heterocycles. The Morgan fingerprint density at radius 2 is 1.89 bits per heavy atom. The zero-order valence-electron chi connectivity index (χ0n) is 14.4. The van der Waals surface area contributed by atoms with Crippen molar-refractivity contribution in [3.8, 4) is 0 Å². The molecule has 0 aliphatic carbocycles. The van der Waals surface area contributed by atoms with Gasteiger partial charge in [0, 0.05) is 17.8 Å². The normalized spacial score (nSPS) is 17.9. The molecule has 0 aromatic heterocycles. The van der Waals surface area contributed by atoms with E-state index >= 15 is 0 Å². The molecule has 2 aliphatic rings. The number of fused-ring (bicyclic) bond motifs is 2. The molecular weight excluding hydrogens is 350 g/mol. The number of amides is 3. The number of hydrogen-bond acceptors (Lipinski definition) is 5. The van der Waals surface area contributed by atoms with Crippen LogP contribution in [0, 0.1) is 10.1 Å². The van der Waals surface area contributed by atoms with Gasteiger partial charge in [0.05, 0.1) is 10.5 Å².